The summed E-state index contributed by atoms with van der Waals surface area (Å²) in [6.45, 7) is 17.2. The van der Waals surface area contributed by atoms with Crippen LogP contribution in [0.1, 0.15) is 73.6 Å². The van der Waals surface area contributed by atoms with Gasteiger partial charge in [-0.3, -0.25) is 5.01 Å². The third-order valence-electron chi connectivity index (χ3n) is 5.89. The van der Waals surface area contributed by atoms with Gasteiger partial charge >= 0.3 is 0 Å². The van der Waals surface area contributed by atoms with Crippen molar-refractivity contribution in [1.82, 2.24) is 5.01 Å². The van der Waals surface area contributed by atoms with Gasteiger partial charge in [-0.05, 0) is 39.2 Å². The quantitative estimate of drug-likeness (QED) is 0.518. The van der Waals surface area contributed by atoms with Gasteiger partial charge in [-0.25, -0.2) is 0 Å². The number of hydrogen-bond donors (Lipinski definition) is 2. The van der Waals surface area contributed by atoms with E-state index in [1.807, 2.05) is 31.9 Å². The molecule has 3 aliphatic heterocycles. The van der Waals surface area contributed by atoms with Crippen LogP contribution in [0.15, 0.2) is 52.8 Å². The molecule has 0 bridgehead atoms. The highest BCUT2D eigenvalue weighted by Crippen LogP contribution is 2.28. The topological polar surface area (TPSA) is 83.8 Å². The van der Waals surface area contributed by atoms with E-state index in [0.29, 0.717) is 31.8 Å². The van der Waals surface area contributed by atoms with Gasteiger partial charge in [0.25, 0.3) is 0 Å². The lowest BCUT2D eigenvalue weighted by Gasteiger charge is -2.35. The van der Waals surface area contributed by atoms with Crippen LogP contribution in [-0.2, 0) is 14.2 Å². The Morgan fingerprint density at radius 3 is 2.59 bits per heavy atom. The molecule has 0 aromatic heterocycles. The summed E-state index contributed by atoms with van der Waals surface area (Å²) in [6.07, 6.45) is 9.98. The van der Waals surface area contributed by atoms with Gasteiger partial charge in [0.15, 0.2) is 0 Å². The van der Waals surface area contributed by atoms with Gasteiger partial charge in [0.1, 0.15) is 0 Å². The van der Waals surface area contributed by atoms with Crippen molar-refractivity contribution in [2.75, 3.05) is 19.8 Å². The molecule has 7 nitrogen and oxygen atoms in total. The highest BCUT2D eigenvalue weighted by Gasteiger charge is 2.32. The summed E-state index contributed by atoms with van der Waals surface area (Å²) in [5.41, 5.74) is 3.71. The van der Waals surface area contributed by atoms with Crippen LogP contribution in [0.2, 0.25) is 0 Å². The Labute approximate surface area is 206 Å². The molecule has 0 radical (unpaired) electrons. The predicted octanol–water partition coefficient (Wildman–Crippen LogP) is 5.07. The third-order valence-corrected chi connectivity index (χ3v) is 5.89. The molecule has 2 saturated heterocycles. The van der Waals surface area contributed by atoms with Gasteiger partial charge in [0, 0.05) is 31.6 Å². The maximum atomic E-state index is 9.88. The highest BCUT2D eigenvalue weighted by atomic mass is 16.7. The van der Waals surface area contributed by atoms with Crippen molar-refractivity contribution in [3.05, 3.63) is 47.7 Å². The molecule has 2 fully saturated rings. The van der Waals surface area contributed by atoms with Crippen molar-refractivity contribution < 1.29 is 24.4 Å². The number of nitrogens with zero attached hydrogens (tertiary/aromatic N) is 2. The number of rotatable bonds is 6. The molecule has 0 aromatic rings. The molecule has 7 heteroatoms. The van der Waals surface area contributed by atoms with Crippen LogP contribution >= 0.6 is 0 Å². The number of allylic oxidation sites excluding steroid dienone is 6. The van der Waals surface area contributed by atoms with E-state index in [0.717, 1.165) is 25.1 Å². The fourth-order valence-corrected chi connectivity index (χ4v) is 3.82. The van der Waals surface area contributed by atoms with E-state index in [1.165, 1.54) is 11.1 Å². The first-order chi connectivity index (χ1) is 16.4. The van der Waals surface area contributed by atoms with Crippen molar-refractivity contribution in [3.63, 3.8) is 0 Å². The number of aliphatic hydroxyl groups excluding tert-OH is 2. The van der Waals surface area contributed by atoms with Gasteiger partial charge < -0.3 is 24.4 Å². The zero-order chi connectivity index (χ0) is 25.5. The molecule has 0 aliphatic carbocycles. The van der Waals surface area contributed by atoms with Crippen LogP contribution in [0.4, 0.5) is 0 Å². The normalized spacial score (nSPS) is 27.5. The number of hydrazone groups is 1. The summed E-state index contributed by atoms with van der Waals surface area (Å²) in [4.78, 5) is 0. The lowest BCUT2D eigenvalue weighted by molar-refractivity contribution is -0.191. The molecule has 3 aliphatic rings. The van der Waals surface area contributed by atoms with Crippen molar-refractivity contribution in [2.45, 2.75) is 98.2 Å². The van der Waals surface area contributed by atoms with E-state index < -0.39 is 12.4 Å². The lowest BCUT2D eigenvalue weighted by atomic mass is 10.1. The minimum atomic E-state index is -0.567. The molecular formula is C27H46N2O5. The third kappa shape index (κ3) is 9.74. The minimum absolute atomic E-state index is 0.118. The highest BCUT2D eigenvalue weighted by molar-refractivity contribution is 5.79. The molecule has 4 atom stereocenters. The Kier molecular flexibility index (Phi) is 14.7. The minimum Gasteiger partial charge on any atom is -0.450 e. The van der Waals surface area contributed by atoms with Crippen molar-refractivity contribution in [2.24, 2.45) is 5.10 Å². The summed E-state index contributed by atoms with van der Waals surface area (Å²) in [7, 11) is 0. The van der Waals surface area contributed by atoms with E-state index >= 15 is 0 Å². The molecule has 0 aromatic carbocycles. The molecule has 4 unspecified atom stereocenters. The van der Waals surface area contributed by atoms with Gasteiger partial charge in [-0.2, -0.15) is 0 Å². The zero-order valence-corrected chi connectivity index (χ0v) is 22.0. The van der Waals surface area contributed by atoms with Gasteiger partial charge in [0.05, 0.1) is 31.5 Å². The van der Waals surface area contributed by atoms with Crippen molar-refractivity contribution >= 4 is 5.90 Å². The standard InChI is InChI=1S/C16H26N2O5.C9H14.C2H6/c1-10-5-15(17-18(11(10)2)12-3-4-21-9-12)23-16-7-13(20)6-14(8-19)22-16;1-4-7-8-9(5-2)6-3;1-2/h12-14,16,19-20H,3-9H2,1-2H3;4-5,7-8H,1,6H2,2-3H3;1-2H3/b;8-7-,9-5-;. The Morgan fingerprint density at radius 2 is 2.03 bits per heavy atom. The van der Waals surface area contributed by atoms with Crippen LogP contribution < -0.4 is 0 Å². The molecule has 194 valence electrons. The van der Waals surface area contributed by atoms with Crippen LogP contribution in [0.25, 0.3) is 0 Å². The monoisotopic (exact) mass is 478 g/mol. The molecule has 0 saturated carbocycles. The van der Waals surface area contributed by atoms with E-state index in [-0.39, 0.29) is 18.8 Å². The number of hydrogen-bond acceptors (Lipinski definition) is 7. The zero-order valence-electron chi connectivity index (χ0n) is 22.0. The first-order valence-corrected chi connectivity index (χ1v) is 12.6. The maximum absolute atomic E-state index is 9.88. The molecule has 0 spiro atoms. The average Bonchev–Trinajstić information content (AvgIpc) is 3.38. The molecule has 3 heterocycles. The molecular weight excluding hydrogens is 432 g/mol. The van der Waals surface area contributed by atoms with E-state index in [1.54, 1.807) is 6.08 Å². The fraction of sp³-hybridized carbons (Fsp3) is 0.667. The van der Waals surface area contributed by atoms with Gasteiger partial charge in [0.2, 0.25) is 12.2 Å². The SMILES string of the molecule is C=C/C=C\C(=C/C)CC.CC.CC1=C(C)N(C2CCOC2)N=C(OC2CC(O)CC(CO)O2)C1. The van der Waals surface area contributed by atoms with Crippen LogP contribution in [0, 0.1) is 0 Å². The van der Waals surface area contributed by atoms with Crippen molar-refractivity contribution in [1.29, 1.82) is 0 Å². The summed E-state index contributed by atoms with van der Waals surface area (Å²) in [5.74, 6) is 0.593. The Bertz CT molecular complexity index is 723. The molecule has 2 N–H and O–H groups in total. The largest absolute Gasteiger partial charge is 0.450 e. The second-order valence-corrected chi connectivity index (χ2v) is 8.32. The molecule has 0 amide bonds. The smallest absolute Gasteiger partial charge is 0.213 e. The van der Waals surface area contributed by atoms with E-state index in [9.17, 15) is 10.2 Å². The summed E-state index contributed by atoms with van der Waals surface area (Å²) in [5, 5.41) is 25.7. The average molecular weight is 479 g/mol. The van der Waals surface area contributed by atoms with E-state index in [2.05, 4.69) is 44.6 Å². The summed E-state index contributed by atoms with van der Waals surface area (Å²) < 4.78 is 17.0. The second kappa shape index (κ2) is 16.7. The molecule has 34 heavy (non-hydrogen) atoms. The second-order valence-electron chi connectivity index (χ2n) is 8.32. The first-order valence-electron chi connectivity index (χ1n) is 12.6. The van der Waals surface area contributed by atoms with Crippen LogP contribution in [0.3, 0.4) is 0 Å². The van der Waals surface area contributed by atoms with E-state index in [4.69, 9.17) is 14.2 Å². The van der Waals surface area contributed by atoms with Gasteiger partial charge in [-0.1, -0.05) is 57.2 Å². The predicted molar refractivity (Wildman–Crippen MR) is 138 cm³/mol. The Morgan fingerprint density at radius 1 is 1.29 bits per heavy atom. The van der Waals surface area contributed by atoms with Crippen LogP contribution in [0.5, 0.6) is 0 Å². The maximum Gasteiger partial charge on any atom is 0.213 e. The first kappa shape index (κ1) is 30.1. The Hall–Kier alpha value is -1.93. The molecule has 3 rings (SSSR count). The van der Waals surface area contributed by atoms with Crippen LogP contribution in [-0.4, -0.2) is 65.5 Å². The summed E-state index contributed by atoms with van der Waals surface area (Å²) >= 11 is 0. The number of ether oxygens (including phenoxy) is 3. The Balaban J connectivity index is 0.000000446. The number of aliphatic hydroxyl groups is 2. The fourth-order valence-electron chi connectivity index (χ4n) is 3.82. The summed E-state index contributed by atoms with van der Waals surface area (Å²) in [6, 6.07) is 0.243. The lowest BCUT2D eigenvalue weighted by Crippen LogP contribution is -2.41. The van der Waals surface area contributed by atoms with Crippen molar-refractivity contribution in [3.8, 4) is 0 Å². The van der Waals surface area contributed by atoms with Gasteiger partial charge in [-0.15, -0.1) is 5.10 Å².